The van der Waals surface area contributed by atoms with Gasteiger partial charge in [0, 0.05) is 6.54 Å². The zero-order valence-corrected chi connectivity index (χ0v) is 14.2. The first-order valence-corrected chi connectivity index (χ1v) is 9.42. The second kappa shape index (κ2) is 7.94. The molecular formula is C16H26N2O3S. The van der Waals surface area contributed by atoms with Crippen LogP contribution in [0.4, 0.5) is 0 Å². The van der Waals surface area contributed by atoms with Crippen molar-refractivity contribution in [3.05, 3.63) is 29.8 Å². The third-order valence-electron chi connectivity index (χ3n) is 4.25. The number of rotatable bonds is 7. The Morgan fingerprint density at radius 3 is 2.45 bits per heavy atom. The van der Waals surface area contributed by atoms with Gasteiger partial charge in [0.25, 0.3) is 0 Å². The zero-order valence-electron chi connectivity index (χ0n) is 13.4. The molecule has 1 aliphatic heterocycles. The summed E-state index contributed by atoms with van der Waals surface area (Å²) in [6, 6.07) is 7.53. The summed E-state index contributed by atoms with van der Waals surface area (Å²) in [5.41, 5.74) is 1.01. The van der Waals surface area contributed by atoms with E-state index in [1.165, 1.54) is 0 Å². The minimum Gasteiger partial charge on any atom is -0.497 e. The molecule has 1 aliphatic rings. The summed E-state index contributed by atoms with van der Waals surface area (Å²) in [5.74, 6) is 1.38. The summed E-state index contributed by atoms with van der Waals surface area (Å²) >= 11 is 0. The Bertz CT molecular complexity index is 549. The molecule has 1 saturated heterocycles. The number of likely N-dealkylation sites (tertiary alicyclic amines) is 1. The standard InChI is InChI=1S/C16H26N2O3S/c1-18-10-7-15(8-11-18)13-17-22(19,20)12-9-14-3-5-16(21-2)6-4-14/h3-6,15,17H,7-13H2,1-2H3. The van der Waals surface area contributed by atoms with Crippen LogP contribution in [0.5, 0.6) is 5.75 Å². The summed E-state index contributed by atoms with van der Waals surface area (Å²) < 4.78 is 32.0. The van der Waals surface area contributed by atoms with E-state index >= 15 is 0 Å². The molecule has 1 aromatic rings. The second-order valence-corrected chi connectivity index (χ2v) is 7.94. The van der Waals surface area contributed by atoms with Crippen molar-refractivity contribution in [1.82, 2.24) is 9.62 Å². The molecule has 1 aromatic carbocycles. The molecule has 124 valence electrons. The highest BCUT2D eigenvalue weighted by molar-refractivity contribution is 7.89. The lowest BCUT2D eigenvalue weighted by molar-refractivity contribution is 0.220. The van der Waals surface area contributed by atoms with Crippen LogP contribution in [0.1, 0.15) is 18.4 Å². The SMILES string of the molecule is COc1ccc(CCS(=O)(=O)NCC2CCN(C)CC2)cc1. The molecule has 5 nitrogen and oxygen atoms in total. The molecule has 0 amide bonds. The van der Waals surface area contributed by atoms with Gasteiger partial charge in [-0.3, -0.25) is 0 Å². The smallest absolute Gasteiger partial charge is 0.211 e. The predicted molar refractivity (Wildman–Crippen MR) is 88.7 cm³/mol. The van der Waals surface area contributed by atoms with Gasteiger partial charge in [-0.05, 0) is 63.0 Å². The van der Waals surface area contributed by atoms with E-state index in [2.05, 4.69) is 16.7 Å². The summed E-state index contributed by atoms with van der Waals surface area (Å²) in [6.45, 7) is 2.68. The normalized spacial score (nSPS) is 17.5. The van der Waals surface area contributed by atoms with Gasteiger partial charge in [0.1, 0.15) is 5.75 Å². The van der Waals surface area contributed by atoms with Crippen LogP contribution < -0.4 is 9.46 Å². The van der Waals surface area contributed by atoms with E-state index in [1.807, 2.05) is 24.3 Å². The third kappa shape index (κ3) is 5.59. The number of benzene rings is 1. The molecule has 0 bridgehead atoms. The molecule has 22 heavy (non-hydrogen) atoms. The monoisotopic (exact) mass is 326 g/mol. The topological polar surface area (TPSA) is 58.6 Å². The Labute approximate surface area is 133 Å². The number of hydrogen-bond donors (Lipinski definition) is 1. The minimum atomic E-state index is -3.20. The van der Waals surface area contributed by atoms with Gasteiger partial charge in [-0.25, -0.2) is 13.1 Å². The number of nitrogens with zero attached hydrogens (tertiary/aromatic N) is 1. The molecule has 6 heteroatoms. The van der Waals surface area contributed by atoms with Gasteiger partial charge in [0.15, 0.2) is 0 Å². The molecule has 0 spiro atoms. The average molecular weight is 326 g/mol. The lowest BCUT2D eigenvalue weighted by atomic mass is 9.98. The number of nitrogens with one attached hydrogen (secondary N) is 1. The number of piperidine rings is 1. The molecular weight excluding hydrogens is 300 g/mol. The van der Waals surface area contributed by atoms with Crippen molar-refractivity contribution in [3.63, 3.8) is 0 Å². The fraction of sp³-hybridized carbons (Fsp3) is 0.625. The van der Waals surface area contributed by atoms with Crippen LogP contribution in [0, 0.1) is 5.92 Å². The van der Waals surface area contributed by atoms with Crippen molar-refractivity contribution in [3.8, 4) is 5.75 Å². The Hall–Kier alpha value is -1.11. The Balaban J connectivity index is 1.75. The van der Waals surface area contributed by atoms with Crippen LogP contribution in [0.25, 0.3) is 0 Å². The van der Waals surface area contributed by atoms with Crippen LogP contribution in [-0.2, 0) is 16.4 Å². The zero-order chi connectivity index (χ0) is 16.0. The highest BCUT2D eigenvalue weighted by atomic mass is 32.2. The van der Waals surface area contributed by atoms with Crippen LogP contribution in [0.2, 0.25) is 0 Å². The van der Waals surface area contributed by atoms with Gasteiger partial charge in [-0.1, -0.05) is 12.1 Å². The third-order valence-corrected chi connectivity index (χ3v) is 5.60. The summed E-state index contributed by atoms with van der Waals surface area (Å²) in [5, 5.41) is 0. The first-order chi connectivity index (χ1) is 10.5. The molecule has 0 aliphatic carbocycles. The van der Waals surface area contributed by atoms with Crippen molar-refractivity contribution >= 4 is 10.0 Å². The van der Waals surface area contributed by atoms with Gasteiger partial charge in [-0.15, -0.1) is 0 Å². The van der Waals surface area contributed by atoms with Crippen LogP contribution in [0.3, 0.4) is 0 Å². The molecule has 1 fully saturated rings. The Morgan fingerprint density at radius 2 is 1.86 bits per heavy atom. The lowest BCUT2D eigenvalue weighted by Crippen LogP contribution is -2.37. The van der Waals surface area contributed by atoms with Crippen LogP contribution >= 0.6 is 0 Å². The van der Waals surface area contributed by atoms with Crippen molar-refractivity contribution in [2.75, 3.05) is 39.5 Å². The van der Waals surface area contributed by atoms with E-state index in [9.17, 15) is 8.42 Å². The number of hydrogen-bond acceptors (Lipinski definition) is 4. The molecule has 0 radical (unpaired) electrons. The molecule has 0 atom stereocenters. The number of aryl methyl sites for hydroxylation is 1. The lowest BCUT2D eigenvalue weighted by Gasteiger charge is -2.28. The van der Waals surface area contributed by atoms with E-state index in [4.69, 9.17) is 4.74 Å². The quantitative estimate of drug-likeness (QED) is 0.825. The molecule has 1 N–H and O–H groups in total. The van der Waals surface area contributed by atoms with E-state index in [-0.39, 0.29) is 5.75 Å². The number of methoxy groups -OCH3 is 1. The minimum absolute atomic E-state index is 0.131. The van der Waals surface area contributed by atoms with Crippen LogP contribution in [0.15, 0.2) is 24.3 Å². The Morgan fingerprint density at radius 1 is 1.23 bits per heavy atom. The maximum atomic E-state index is 12.1. The summed E-state index contributed by atoms with van der Waals surface area (Å²) in [6.07, 6.45) is 2.65. The molecule has 0 saturated carbocycles. The first kappa shape index (κ1) is 17.2. The van der Waals surface area contributed by atoms with Gasteiger partial charge in [0.2, 0.25) is 10.0 Å². The molecule has 1 heterocycles. The summed E-state index contributed by atoms with van der Waals surface area (Å²) in [4.78, 5) is 2.29. The van der Waals surface area contributed by atoms with E-state index < -0.39 is 10.0 Å². The van der Waals surface area contributed by atoms with Gasteiger partial charge >= 0.3 is 0 Å². The Kier molecular flexibility index (Phi) is 6.23. The van der Waals surface area contributed by atoms with Gasteiger partial charge in [-0.2, -0.15) is 0 Å². The van der Waals surface area contributed by atoms with E-state index in [0.717, 1.165) is 37.2 Å². The van der Waals surface area contributed by atoms with Gasteiger partial charge in [0.05, 0.1) is 12.9 Å². The maximum Gasteiger partial charge on any atom is 0.211 e. The molecule has 0 aromatic heterocycles. The summed E-state index contributed by atoms with van der Waals surface area (Å²) in [7, 11) is 0.521. The fourth-order valence-electron chi connectivity index (χ4n) is 2.63. The van der Waals surface area contributed by atoms with E-state index in [1.54, 1.807) is 7.11 Å². The van der Waals surface area contributed by atoms with E-state index in [0.29, 0.717) is 18.9 Å². The van der Waals surface area contributed by atoms with Gasteiger partial charge < -0.3 is 9.64 Å². The van der Waals surface area contributed by atoms with Crippen molar-refractivity contribution < 1.29 is 13.2 Å². The molecule has 0 unspecified atom stereocenters. The molecule has 2 rings (SSSR count). The second-order valence-electron chi connectivity index (χ2n) is 6.01. The largest absolute Gasteiger partial charge is 0.497 e. The van der Waals surface area contributed by atoms with Crippen molar-refractivity contribution in [1.29, 1.82) is 0 Å². The maximum absolute atomic E-state index is 12.1. The predicted octanol–water partition coefficient (Wildman–Crippen LogP) is 1.50. The van der Waals surface area contributed by atoms with Crippen molar-refractivity contribution in [2.24, 2.45) is 5.92 Å². The number of sulfonamides is 1. The van der Waals surface area contributed by atoms with Crippen molar-refractivity contribution in [2.45, 2.75) is 19.3 Å². The first-order valence-electron chi connectivity index (χ1n) is 7.77. The highest BCUT2D eigenvalue weighted by Gasteiger charge is 2.19. The average Bonchev–Trinajstić information content (AvgIpc) is 2.53. The highest BCUT2D eigenvalue weighted by Crippen LogP contribution is 2.15. The van der Waals surface area contributed by atoms with Crippen LogP contribution in [-0.4, -0.2) is 52.9 Å². The fourth-order valence-corrected chi connectivity index (χ4v) is 3.77. The number of ether oxygens (including phenoxy) is 1.